The molecule has 4 fully saturated rings. The van der Waals surface area contributed by atoms with E-state index in [1.807, 2.05) is 0 Å². The number of carbonyl (C=O) groups excluding carboxylic acids is 1. The maximum atomic E-state index is 13.4. The second-order valence-electron chi connectivity index (χ2n) is 11.6. The van der Waals surface area contributed by atoms with E-state index >= 15 is 0 Å². The minimum absolute atomic E-state index is 0.131. The first-order chi connectivity index (χ1) is 14.9. The lowest BCUT2D eigenvalue weighted by Gasteiger charge is -2.56. The molecule has 0 spiro atoms. The van der Waals surface area contributed by atoms with Crippen LogP contribution in [0.3, 0.4) is 0 Å². The number of anilines is 2. The van der Waals surface area contributed by atoms with Crippen molar-refractivity contribution in [1.29, 1.82) is 0 Å². The van der Waals surface area contributed by atoms with Crippen molar-refractivity contribution in [3.8, 4) is 0 Å². The lowest BCUT2D eigenvalue weighted by atomic mass is 9.49. The number of hydrogen-bond acceptors (Lipinski definition) is 5. The van der Waals surface area contributed by atoms with Crippen molar-refractivity contribution in [3.63, 3.8) is 0 Å². The summed E-state index contributed by atoms with van der Waals surface area (Å²) in [7, 11) is 0. The number of carbonyl (C=O) groups is 1. The highest BCUT2D eigenvalue weighted by Gasteiger charge is 2.58. The van der Waals surface area contributed by atoms with Crippen LogP contribution in [0.2, 0.25) is 0 Å². The first kappa shape index (κ1) is 21.2. The van der Waals surface area contributed by atoms with Crippen molar-refractivity contribution in [1.82, 2.24) is 4.98 Å². The zero-order valence-electron chi connectivity index (χ0n) is 19.3. The van der Waals surface area contributed by atoms with Crippen molar-refractivity contribution < 1.29 is 4.79 Å². The zero-order valence-corrected chi connectivity index (χ0v) is 19.3. The molecule has 5 heteroatoms. The topological polar surface area (TPSA) is 85.2 Å². The lowest BCUT2D eigenvalue weighted by Crippen LogP contribution is -2.50. The van der Waals surface area contributed by atoms with Crippen molar-refractivity contribution in [2.24, 2.45) is 52.7 Å². The smallest absolute Gasteiger partial charge is 0.157 e. The molecule has 1 aromatic heterocycles. The van der Waals surface area contributed by atoms with Gasteiger partial charge in [0.25, 0.3) is 0 Å². The van der Waals surface area contributed by atoms with Gasteiger partial charge >= 0.3 is 0 Å². The van der Waals surface area contributed by atoms with Gasteiger partial charge in [-0.15, -0.1) is 0 Å². The monoisotopic (exact) mass is 424 g/mol. The second-order valence-corrected chi connectivity index (χ2v) is 11.6. The van der Waals surface area contributed by atoms with E-state index in [0.29, 0.717) is 11.4 Å². The first-order valence-corrected chi connectivity index (χ1v) is 12.6. The van der Waals surface area contributed by atoms with Gasteiger partial charge < -0.3 is 10.7 Å². The zero-order chi connectivity index (χ0) is 21.8. The quantitative estimate of drug-likeness (QED) is 0.535. The third kappa shape index (κ3) is 3.57. The van der Waals surface area contributed by atoms with Gasteiger partial charge in [0.2, 0.25) is 0 Å². The number of nitrogen functional groups attached to an aromatic ring is 1. The molecule has 0 aromatic carbocycles. The van der Waals surface area contributed by atoms with Gasteiger partial charge in [0.15, 0.2) is 5.78 Å². The average Bonchev–Trinajstić information content (AvgIpc) is 3.11. The highest BCUT2D eigenvalue weighted by molar-refractivity contribution is 5.87. The number of hydrazine groups is 1. The molecule has 0 amide bonds. The van der Waals surface area contributed by atoms with E-state index in [4.69, 9.17) is 11.6 Å². The van der Waals surface area contributed by atoms with Crippen LogP contribution in [0.15, 0.2) is 18.5 Å². The predicted molar refractivity (Wildman–Crippen MR) is 125 cm³/mol. The van der Waals surface area contributed by atoms with Crippen molar-refractivity contribution in [2.75, 3.05) is 17.3 Å². The predicted octanol–water partition coefficient (Wildman–Crippen LogP) is 4.82. The van der Waals surface area contributed by atoms with Crippen LogP contribution in [0.25, 0.3) is 0 Å². The Kier molecular flexibility index (Phi) is 5.52. The van der Waals surface area contributed by atoms with Crippen molar-refractivity contribution >= 4 is 17.2 Å². The number of hydrogen-bond donors (Lipinski definition) is 2. The van der Waals surface area contributed by atoms with Crippen LogP contribution in [-0.4, -0.2) is 17.3 Å². The van der Waals surface area contributed by atoms with E-state index in [1.165, 1.54) is 56.4 Å². The second kappa shape index (κ2) is 8.06. The summed E-state index contributed by atoms with van der Waals surface area (Å²) in [6, 6.07) is 1.73. The molecule has 4 aliphatic carbocycles. The fourth-order valence-electron chi connectivity index (χ4n) is 8.62. The number of fused-ring (bicyclic) bond motifs is 5. The van der Waals surface area contributed by atoms with E-state index in [9.17, 15) is 4.79 Å². The Morgan fingerprint density at radius 3 is 2.74 bits per heavy atom. The molecule has 4 N–H and O–H groups in total. The van der Waals surface area contributed by atoms with Crippen LogP contribution < -0.4 is 16.6 Å². The minimum atomic E-state index is 0.131. The Morgan fingerprint density at radius 2 is 1.94 bits per heavy atom. The molecule has 0 aliphatic heterocycles. The van der Waals surface area contributed by atoms with Crippen LogP contribution >= 0.6 is 0 Å². The number of aromatic nitrogens is 1. The SMILES string of the molecule is CC1CCC2C(CCC3C2CCC2(C)C(C(=O)CN(N)c4cnccc4N)CCC32)C1. The van der Waals surface area contributed by atoms with Gasteiger partial charge in [0, 0.05) is 12.1 Å². The van der Waals surface area contributed by atoms with Crippen LogP contribution in [-0.2, 0) is 4.79 Å². The third-order valence-corrected chi connectivity index (χ3v) is 10.1. The molecule has 1 aromatic rings. The standard InChI is InChI=1S/C26H40N4O/c1-16-3-5-18-17(13-16)4-6-20-19(18)9-11-26(2)21(20)7-8-22(26)25(31)15-30(28)24-14-29-12-10-23(24)27/h10,12,14,16-22H,3-9,11,13,15,28H2,1-2H3,(H2,27,29). The molecule has 4 aliphatic rings. The maximum Gasteiger partial charge on any atom is 0.157 e. The van der Waals surface area contributed by atoms with Crippen molar-refractivity contribution in [2.45, 2.75) is 71.6 Å². The van der Waals surface area contributed by atoms with E-state index in [0.717, 1.165) is 41.9 Å². The molecule has 170 valence electrons. The van der Waals surface area contributed by atoms with E-state index in [2.05, 4.69) is 18.8 Å². The van der Waals surface area contributed by atoms with Gasteiger partial charge in [-0.25, -0.2) is 5.84 Å². The Bertz CT molecular complexity index is 827. The number of nitrogens with two attached hydrogens (primary N) is 2. The summed E-state index contributed by atoms with van der Waals surface area (Å²) in [5, 5.41) is 1.50. The molecule has 0 radical (unpaired) electrons. The van der Waals surface area contributed by atoms with E-state index in [1.54, 1.807) is 18.5 Å². The molecule has 8 atom stereocenters. The Balaban J connectivity index is 1.29. The van der Waals surface area contributed by atoms with Gasteiger partial charge in [-0.2, -0.15) is 0 Å². The van der Waals surface area contributed by atoms with Crippen LogP contribution in [0.4, 0.5) is 11.4 Å². The minimum Gasteiger partial charge on any atom is -0.397 e. The highest BCUT2D eigenvalue weighted by Crippen LogP contribution is 2.64. The fraction of sp³-hybridized carbons (Fsp3) is 0.769. The molecule has 5 rings (SSSR count). The fourth-order valence-corrected chi connectivity index (χ4v) is 8.62. The largest absolute Gasteiger partial charge is 0.397 e. The van der Waals surface area contributed by atoms with E-state index < -0.39 is 0 Å². The van der Waals surface area contributed by atoms with Gasteiger partial charge in [0.1, 0.15) is 0 Å². The molecule has 5 nitrogen and oxygen atoms in total. The third-order valence-electron chi connectivity index (χ3n) is 10.1. The molecule has 8 unspecified atom stereocenters. The molecular formula is C26H40N4O. The Hall–Kier alpha value is -1.62. The summed E-state index contributed by atoms with van der Waals surface area (Å²) < 4.78 is 0. The molecule has 0 saturated heterocycles. The molecule has 4 saturated carbocycles. The number of pyridine rings is 1. The Morgan fingerprint density at radius 1 is 1.13 bits per heavy atom. The van der Waals surface area contributed by atoms with Crippen LogP contribution in [0.1, 0.15) is 71.6 Å². The maximum absolute atomic E-state index is 13.4. The van der Waals surface area contributed by atoms with Crippen LogP contribution in [0, 0.1) is 46.8 Å². The molecule has 0 bridgehead atoms. The van der Waals surface area contributed by atoms with Crippen molar-refractivity contribution in [3.05, 3.63) is 18.5 Å². The van der Waals surface area contributed by atoms with Crippen LogP contribution in [0.5, 0.6) is 0 Å². The number of rotatable bonds is 4. The normalized spacial score (nSPS) is 41.7. The number of Topliss-reactive ketones (excluding diaryl/α,β-unsaturated/α-hetero) is 1. The lowest BCUT2D eigenvalue weighted by molar-refractivity contribution is -0.129. The number of ketones is 1. The molecule has 1 heterocycles. The summed E-state index contributed by atoms with van der Waals surface area (Å²) in [5.74, 6) is 12.0. The summed E-state index contributed by atoms with van der Waals surface area (Å²) in [6.07, 6.45) is 15.3. The van der Waals surface area contributed by atoms with E-state index in [-0.39, 0.29) is 23.7 Å². The van der Waals surface area contributed by atoms with Gasteiger partial charge in [0.05, 0.1) is 24.1 Å². The van der Waals surface area contributed by atoms with Gasteiger partial charge in [-0.05, 0) is 98.4 Å². The summed E-state index contributed by atoms with van der Waals surface area (Å²) in [4.78, 5) is 17.6. The van der Waals surface area contributed by atoms with Gasteiger partial charge in [-0.1, -0.05) is 20.3 Å². The highest BCUT2D eigenvalue weighted by atomic mass is 16.1. The Labute approximate surface area is 187 Å². The summed E-state index contributed by atoms with van der Waals surface area (Å²) in [5.41, 5.74) is 7.40. The summed E-state index contributed by atoms with van der Waals surface area (Å²) >= 11 is 0. The summed E-state index contributed by atoms with van der Waals surface area (Å²) in [6.45, 7) is 5.10. The molecule has 31 heavy (non-hydrogen) atoms. The number of nitrogens with zero attached hydrogens (tertiary/aromatic N) is 2. The molecular weight excluding hydrogens is 384 g/mol. The average molecular weight is 425 g/mol. The first-order valence-electron chi connectivity index (χ1n) is 12.6. The van der Waals surface area contributed by atoms with Gasteiger partial charge in [-0.3, -0.25) is 9.78 Å².